The first-order valence-electron chi connectivity index (χ1n) is 7.36. The van der Waals surface area contributed by atoms with Crippen LogP contribution in [0.15, 0.2) is 45.9 Å². The second-order valence-corrected chi connectivity index (χ2v) is 7.09. The molecular weight excluding hydrogens is 348 g/mol. The summed E-state index contributed by atoms with van der Waals surface area (Å²) in [7, 11) is 0.0505. The molecule has 136 valence electrons. The summed E-state index contributed by atoms with van der Waals surface area (Å²) in [5.41, 5.74) is 0. The molecule has 0 aliphatic carbocycles. The van der Waals surface area contributed by atoms with Crippen LogP contribution in [0.25, 0.3) is 0 Å². The van der Waals surface area contributed by atoms with Gasteiger partial charge < -0.3 is 19.2 Å². The third-order valence-electron chi connectivity index (χ3n) is 3.46. The fourth-order valence-electron chi connectivity index (χ4n) is 2.17. The number of benzene rings is 1. The Morgan fingerprint density at radius 2 is 1.80 bits per heavy atom. The Bertz CT molecular complexity index is 795. The first-order chi connectivity index (χ1) is 11.9. The Balaban J connectivity index is 2.15. The van der Waals surface area contributed by atoms with Crippen molar-refractivity contribution in [3.05, 3.63) is 42.4 Å². The average molecular weight is 368 g/mol. The van der Waals surface area contributed by atoms with Crippen LogP contribution in [0.3, 0.4) is 0 Å². The number of sulfonamides is 1. The number of likely N-dealkylation sites (N-methyl/N-ethyl adjacent to an activating group) is 1. The fourth-order valence-corrected chi connectivity index (χ4v) is 3.58. The predicted octanol–water partition coefficient (Wildman–Crippen LogP) is 1.23. The second kappa shape index (κ2) is 8.04. The van der Waals surface area contributed by atoms with Gasteiger partial charge in [0.2, 0.25) is 5.91 Å². The molecule has 1 N–H and O–H groups in total. The number of hydrogen-bond donors (Lipinski definition) is 1. The predicted molar refractivity (Wildman–Crippen MR) is 89.9 cm³/mol. The number of furan rings is 1. The van der Waals surface area contributed by atoms with E-state index in [0.29, 0.717) is 5.76 Å². The van der Waals surface area contributed by atoms with Crippen LogP contribution in [-0.2, 0) is 21.4 Å². The normalized spacial score (nSPS) is 11.4. The van der Waals surface area contributed by atoms with Crippen molar-refractivity contribution in [1.82, 2.24) is 9.62 Å². The molecule has 0 atom stereocenters. The Labute approximate surface area is 146 Å². The number of amides is 1. The summed E-state index contributed by atoms with van der Waals surface area (Å²) in [5, 5.41) is 2.60. The molecule has 1 aromatic carbocycles. The van der Waals surface area contributed by atoms with Crippen molar-refractivity contribution in [3.63, 3.8) is 0 Å². The molecule has 0 saturated carbocycles. The minimum atomic E-state index is -3.99. The van der Waals surface area contributed by atoms with Crippen LogP contribution >= 0.6 is 0 Å². The third-order valence-corrected chi connectivity index (χ3v) is 5.33. The zero-order chi connectivity index (χ0) is 18.4. The molecule has 1 amide bonds. The van der Waals surface area contributed by atoms with E-state index < -0.39 is 15.9 Å². The van der Waals surface area contributed by atoms with Crippen LogP contribution in [0.2, 0.25) is 0 Å². The molecule has 2 rings (SSSR count). The van der Waals surface area contributed by atoms with E-state index in [1.807, 2.05) is 0 Å². The van der Waals surface area contributed by atoms with Gasteiger partial charge in [-0.3, -0.25) is 4.79 Å². The first kappa shape index (κ1) is 18.8. The van der Waals surface area contributed by atoms with Crippen LogP contribution in [-0.4, -0.2) is 46.4 Å². The lowest BCUT2D eigenvalue weighted by atomic mass is 10.3. The minimum Gasteiger partial charge on any atom is -0.495 e. The molecule has 1 aromatic heterocycles. The molecule has 8 nitrogen and oxygen atoms in total. The average Bonchev–Trinajstić information content (AvgIpc) is 3.12. The summed E-state index contributed by atoms with van der Waals surface area (Å²) in [6.07, 6.45) is 1.49. The van der Waals surface area contributed by atoms with Crippen LogP contribution in [0.4, 0.5) is 0 Å². The van der Waals surface area contributed by atoms with E-state index in [9.17, 15) is 13.2 Å². The van der Waals surface area contributed by atoms with Gasteiger partial charge in [-0.1, -0.05) is 6.07 Å². The summed E-state index contributed by atoms with van der Waals surface area (Å²) in [5.74, 6) is 0.394. The van der Waals surface area contributed by atoms with Crippen molar-refractivity contribution in [2.24, 2.45) is 0 Å². The summed E-state index contributed by atoms with van der Waals surface area (Å²) in [4.78, 5) is 11.9. The molecule has 0 fully saturated rings. The van der Waals surface area contributed by atoms with Gasteiger partial charge in [-0.15, -0.1) is 0 Å². The topological polar surface area (TPSA) is 98.1 Å². The molecule has 0 aliphatic rings. The van der Waals surface area contributed by atoms with Gasteiger partial charge in [-0.05, 0) is 24.3 Å². The van der Waals surface area contributed by atoms with Gasteiger partial charge in [-0.25, -0.2) is 8.42 Å². The van der Waals surface area contributed by atoms with E-state index in [1.54, 1.807) is 18.2 Å². The molecule has 25 heavy (non-hydrogen) atoms. The number of methoxy groups -OCH3 is 2. The largest absolute Gasteiger partial charge is 0.495 e. The molecule has 0 unspecified atom stereocenters. The van der Waals surface area contributed by atoms with E-state index in [0.717, 1.165) is 4.31 Å². The molecule has 0 aliphatic heterocycles. The second-order valence-electron chi connectivity index (χ2n) is 5.11. The molecule has 0 spiro atoms. The molecular formula is C16H20N2O6S. The summed E-state index contributed by atoms with van der Waals surface area (Å²) < 4.78 is 42.0. The highest BCUT2D eigenvalue weighted by Gasteiger charge is 2.30. The van der Waals surface area contributed by atoms with Crippen molar-refractivity contribution in [2.45, 2.75) is 11.4 Å². The monoisotopic (exact) mass is 368 g/mol. The van der Waals surface area contributed by atoms with Gasteiger partial charge in [0.15, 0.2) is 4.90 Å². The number of ether oxygens (including phenoxy) is 2. The molecule has 9 heteroatoms. The number of nitrogens with zero attached hydrogens (tertiary/aromatic N) is 1. The Morgan fingerprint density at radius 3 is 2.32 bits per heavy atom. The molecule has 0 saturated heterocycles. The Kier molecular flexibility index (Phi) is 6.05. The number of nitrogens with one attached hydrogen (secondary N) is 1. The highest BCUT2D eigenvalue weighted by Crippen LogP contribution is 2.34. The van der Waals surface area contributed by atoms with Crippen molar-refractivity contribution in [2.75, 3.05) is 27.8 Å². The van der Waals surface area contributed by atoms with E-state index in [2.05, 4.69) is 5.32 Å². The van der Waals surface area contributed by atoms with Crippen LogP contribution in [0.1, 0.15) is 5.76 Å². The van der Waals surface area contributed by atoms with Gasteiger partial charge in [0.05, 0.1) is 33.6 Å². The quantitative estimate of drug-likeness (QED) is 0.753. The van der Waals surface area contributed by atoms with E-state index in [4.69, 9.17) is 13.9 Å². The highest BCUT2D eigenvalue weighted by molar-refractivity contribution is 7.89. The lowest BCUT2D eigenvalue weighted by Crippen LogP contribution is -2.38. The molecule has 0 radical (unpaired) electrons. The first-order valence-corrected chi connectivity index (χ1v) is 8.80. The third kappa shape index (κ3) is 4.31. The smallest absolute Gasteiger partial charge is 0.250 e. The molecule has 2 aromatic rings. The minimum absolute atomic E-state index is 0.124. The van der Waals surface area contributed by atoms with E-state index in [-0.39, 0.29) is 29.5 Å². The zero-order valence-electron chi connectivity index (χ0n) is 14.2. The number of hydrogen-bond acceptors (Lipinski definition) is 6. The van der Waals surface area contributed by atoms with Gasteiger partial charge in [0, 0.05) is 7.05 Å². The standard InChI is InChI=1S/C16H20N2O6S/c1-18(11-15(19)17-10-12-6-5-9-24-12)25(20,21)16-13(22-2)7-4-8-14(16)23-3/h4-9H,10-11H2,1-3H3,(H,17,19). The number of carbonyl (C=O) groups is 1. The maximum absolute atomic E-state index is 12.8. The summed E-state index contributed by atoms with van der Waals surface area (Å²) >= 11 is 0. The number of carbonyl (C=O) groups excluding carboxylic acids is 1. The van der Waals surface area contributed by atoms with Crippen molar-refractivity contribution < 1.29 is 27.1 Å². The number of rotatable bonds is 8. The van der Waals surface area contributed by atoms with Crippen LogP contribution in [0.5, 0.6) is 11.5 Å². The SMILES string of the molecule is COc1cccc(OC)c1S(=O)(=O)N(C)CC(=O)NCc1ccco1. The van der Waals surface area contributed by atoms with Crippen LogP contribution in [0, 0.1) is 0 Å². The van der Waals surface area contributed by atoms with Gasteiger partial charge >= 0.3 is 0 Å². The zero-order valence-corrected chi connectivity index (χ0v) is 15.0. The molecule has 0 bridgehead atoms. The van der Waals surface area contributed by atoms with E-state index >= 15 is 0 Å². The maximum Gasteiger partial charge on any atom is 0.250 e. The van der Waals surface area contributed by atoms with Gasteiger partial charge in [-0.2, -0.15) is 4.31 Å². The van der Waals surface area contributed by atoms with E-state index in [1.165, 1.54) is 39.7 Å². The van der Waals surface area contributed by atoms with Crippen molar-refractivity contribution in [1.29, 1.82) is 0 Å². The highest BCUT2D eigenvalue weighted by atomic mass is 32.2. The van der Waals surface area contributed by atoms with Crippen molar-refractivity contribution >= 4 is 15.9 Å². The summed E-state index contributed by atoms with van der Waals surface area (Å²) in [6.45, 7) is -0.179. The fraction of sp³-hybridized carbons (Fsp3) is 0.312. The lowest BCUT2D eigenvalue weighted by molar-refractivity contribution is -0.121. The van der Waals surface area contributed by atoms with Gasteiger partial charge in [0.1, 0.15) is 17.3 Å². The summed E-state index contributed by atoms with van der Waals surface area (Å²) in [6, 6.07) is 8.06. The maximum atomic E-state index is 12.8. The molecule has 1 heterocycles. The van der Waals surface area contributed by atoms with Gasteiger partial charge in [0.25, 0.3) is 10.0 Å². The Morgan fingerprint density at radius 1 is 1.16 bits per heavy atom. The van der Waals surface area contributed by atoms with Crippen LogP contribution < -0.4 is 14.8 Å². The Hall–Kier alpha value is -2.52. The lowest BCUT2D eigenvalue weighted by Gasteiger charge is -2.20. The van der Waals surface area contributed by atoms with Crippen molar-refractivity contribution in [3.8, 4) is 11.5 Å².